The van der Waals surface area contributed by atoms with E-state index in [0.29, 0.717) is 5.13 Å². The fourth-order valence-corrected chi connectivity index (χ4v) is 2.89. The molecule has 114 valence electrons. The number of carbonyl (C=O) groups excluding carboxylic acids is 1. The Morgan fingerprint density at radius 1 is 1.33 bits per heavy atom. The topological polar surface area (TPSA) is 69.6 Å². The fraction of sp³-hybridized carbons (Fsp3) is 0.643. The molecular weight excluding hydrogens is 288 g/mol. The number of urea groups is 1. The number of hydrogen-bond acceptors (Lipinski definition) is 5. The van der Waals surface area contributed by atoms with Crippen molar-refractivity contribution in [3.05, 3.63) is 5.01 Å². The number of carbonyl (C=O) groups is 1. The molecule has 0 spiro atoms. The molecule has 2 heterocycles. The van der Waals surface area contributed by atoms with Crippen molar-refractivity contribution in [2.45, 2.75) is 51.8 Å². The van der Waals surface area contributed by atoms with Gasteiger partial charge in [0, 0.05) is 5.41 Å². The fourth-order valence-electron chi connectivity index (χ4n) is 1.95. The largest absolute Gasteiger partial charge is 0.371 e. The van der Waals surface area contributed by atoms with Crippen LogP contribution in [-0.2, 0) is 5.41 Å². The number of aromatic nitrogens is 2. The third-order valence-corrected chi connectivity index (χ3v) is 4.72. The van der Waals surface area contributed by atoms with Crippen molar-refractivity contribution in [2.24, 2.45) is 0 Å². The Balaban J connectivity index is 2.32. The van der Waals surface area contributed by atoms with Gasteiger partial charge in [0.05, 0.1) is 12.1 Å². The van der Waals surface area contributed by atoms with Gasteiger partial charge in [-0.3, -0.25) is 0 Å². The van der Waals surface area contributed by atoms with Crippen LogP contribution in [0, 0.1) is 12.3 Å². The van der Waals surface area contributed by atoms with Crippen molar-refractivity contribution in [2.75, 3.05) is 11.4 Å². The van der Waals surface area contributed by atoms with E-state index in [9.17, 15) is 9.90 Å². The lowest BCUT2D eigenvalue weighted by Crippen LogP contribution is -2.45. The smallest absolute Gasteiger partial charge is 0.329 e. The molecule has 0 aliphatic carbocycles. The highest BCUT2D eigenvalue weighted by atomic mass is 32.1. The summed E-state index contributed by atoms with van der Waals surface area (Å²) in [5.74, 6) is 2.57. The molecule has 21 heavy (non-hydrogen) atoms. The lowest BCUT2D eigenvalue weighted by atomic mass is 9.98. The van der Waals surface area contributed by atoms with Gasteiger partial charge in [-0.2, -0.15) is 0 Å². The van der Waals surface area contributed by atoms with E-state index in [1.165, 1.54) is 21.1 Å². The Kier molecular flexibility index (Phi) is 3.72. The Morgan fingerprint density at radius 3 is 2.43 bits per heavy atom. The van der Waals surface area contributed by atoms with E-state index < -0.39 is 11.8 Å². The van der Waals surface area contributed by atoms with Crippen LogP contribution < -0.4 is 4.90 Å². The van der Waals surface area contributed by atoms with E-state index >= 15 is 0 Å². The van der Waals surface area contributed by atoms with Crippen molar-refractivity contribution < 1.29 is 9.90 Å². The molecule has 1 unspecified atom stereocenters. The third-order valence-electron chi connectivity index (χ3n) is 3.37. The van der Waals surface area contributed by atoms with Crippen LogP contribution in [0.4, 0.5) is 9.93 Å². The second-order valence-corrected chi connectivity index (χ2v) is 7.54. The first-order chi connectivity index (χ1) is 9.58. The minimum atomic E-state index is -0.967. The van der Waals surface area contributed by atoms with Crippen LogP contribution in [0.2, 0.25) is 0 Å². The number of amides is 2. The summed E-state index contributed by atoms with van der Waals surface area (Å²) in [6.45, 7) is 9.75. The maximum Gasteiger partial charge on any atom is 0.329 e. The standard InChI is InChI=1S/C14H20N4O2S/c1-7-14(5,6)17-8-9(19)18(12(17)20)11-16-15-10(21-11)13(2,3)4/h1,9,19H,8H2,2-6H3. The highest BCUT2D eigenvalue weighted by Crippen LogP contribution is 2.34. The van der Waals surface area contributed by atoms with Gasteiger partial charge in [-0.25, -0.2) is 9.69 Å². The predicted molar refractivity (Wildman–Crippen MR) is 82.1 cm³/mol. The Bertz CT molecular complexity index is 597. The van der Waals surface area contributed by atoms with Crippen LogP contribution in [0.1, 0.15) is 39.6 Å². The Labute approximate surface area is 128 Å². The van der Waals surface area contributed by atoms with Gasteiger partial charge in [0.2, 0.25) is 5.13 Å². The molecule has 0 saturated carbocycles. The molecule has 6 nitrogen and oxygen atoms in total. The number of aliphatic hydroxyl groups excluding tert-OH is 1. The van der Waals surface area contributed by atoms with E-state index in [2.05, 4.69) is 16.1 Å². The van der Waals surface area contributed by atoms with Crippen molar-refractivity contribution in [1.29, 1.82) is 0 Å². The number of aliphatic hydroxyl groups is 1. The molecule has 1 aliphatic rings. The van der Waals surface area contributed by atoms with Gasteiger partial charge >= 0.3 is 6.03 Å². The van der Waals surface area contributed by atoms with E-state index in [4.69, 9.17) is 6.42 Å². The summed E-state index contributed by atoms with van der Waals surface area (Å²) in [7, 11) is 0. The molecule has 1 atom stereocenters. The molecule has 1 N–H and O–H groups in total. The number of nitrogens with zero attached hydrogens (tertiary/aromatic N) is 4. The summed E-state index contributed by atoms with van der Waals surface area (Å²) in [6.07, 6.45) is 4.50. The van der Waals surface area contributed by atoms with E-state index in [0.717, 1.165) is 5.01 Å². The van der Waals surface area contributed by atoms with Crippen molar-refractivity contribution in [3.8, 4) is 12.3 Å². The number of terminal acetylenes is 1. The maximum atomic E-state index is 12.5. The minimum Gasteiger partial charge on any atom is -0.371 e. The van der Waals surface area contributed by atoms with Gasteiger partial charge in [-0.05, 0) is 13.8 Å². The predicted octanol–water partition coefficient (Wildman–Crippen LogP) is 1.81. The molecule has 1 saturated heterocycles. The molecule has 1 aromatic heterocycles. The summed E-state index contributed by atoms with van der Waals surface area (Å²) in [5, 5.41) is 19.6. The average molecular weight is 308 g/mol. The van der Waals surface area contributed by atoms with Crippen LogP contribution in [0.15, 0.2) is 0 Å². The zero-order chi connectivity index (χ0) is 16.0. The Hall–Kier alpha value is -1.65. The molecule has 0 bridgehead atoms. The molecule has 1 fully saturated rings. The lowest BCUT2D eigenvalue weighted by Gasteiger charge is -2.29. The number of anilines is 1. The van der Waals surface area contributed by atoms with Crippen LogP contribution in [-0.4, -0.2) is 44.5 Å². The molecule has 7 heteroatoms. The Morgan fingerprint density at radius 2 is 1.95 bits per heavy atom. The summed E-state index contributed by atoms with van der Waals surface area (Å²) >= 11 is 1.31. The minimum absolute atomic E-state index is 0.151. The maximum absolute atomic E-state index is 12.5. The van der Waals surface area contributed by atoms with Crippen LogP contribution in [0.3, 0.4) is 0 Å². The van der Waals surface area contributed by atoms with Gasteiger partial charge in [0.1, 0.15) is 5.01 Å². The zero-order valence-electron chi connectivity index (χ0n) is 12.9. The molecule has 0 aromatic carbocycles. The second-order valence-electron chi connectivity index (χ2n) is 6.59. The summed E-state index contributed by atoms with van der Waals surface area (Å²) < 4.78 is 0. The van der Waals surface area contributed by atoms with Crippen LogP contribution in [0.5, 0.6) is 0 Å². The number of β-amino-alcohol motifs (C(OH)–C–C–N with tert-alkyl or cyclic N) is 1. The average Bonchev–Trinajstić information content (AvgIpc) is 2.94. The van der Waals surface area contributed by atoms with Crippen molar-refractivity contribution >= 4 is 22.5 Å². The number of hydrogen-bond donors (Lipinski definition) is 1. The molecule has 0 radical (unpaired) electrons. The van der Waals surface area contributed by atoms with Gasteiger partial charge < -0.3 is 10.0 Å². The normalized spacial score (nSPS) is 20.0. The first-order valence-corrected chi connectivity index (χ1v) is 7.50. The van der Waals surface area contributed by atoms with E-state index in [1.807, 2.05) is 20.8 Å². The van der Waals surface area contributed by atoms with E-state index in [1.54, 1.807) is 13.8 Å². The van der Waals surface area contributed by atoms with E-state index in [-0.39, 0.29) is 18.0 Å². The van der Waals surface area contributed by atoms with Gasteiger partial charge in [-0.1, -0.05) is 38.0 Å². The summed E-state index contributed by atoms with van der Waals surface area (Å²) in [4.78, 5) is 15.2. The molecule has 2 rings (SSSR count). The van der Waals surface area contributed by atoms with Crippen LogP contribution >= 0.6 is 11.3 Å². The second kappa shape index (κ2) is 4.97. The SMILES string of the molecule is C#CC(C)(C)N1CC(O)N(c2nnc(C(C)(C)C)s2)C1=O. The monoisotopic (exact) mass is 308 g/mol. The number of rotatable bonds is 2. The molecule has 2 amide bonds. The van der Waals surface area contributed by atoms with Crippen LogP contribution in [0.25, 0.3) is 0 Å². The third kappa shape index (κ3) is 2.74. The zero-order valence-corrected chi connectivity index (χ0v) is 13.7. The summed E-state index contributed by atoms with van der Waals surface area (Å²) in [5.41, 5.74) is -0.911. The highest BCUT2D eigenvalue weighted by Gasteiger charge is 2.45. The lowest BCUT2D eigenvalue weighted by molar-refractivity contribution is 0.150. The molecule has 1 aromatic rings. The quantitative estimate of drug-likeness (QED) is 0.846. The van der Waals surface area contributed by atoms with Gasteiger partial charge in [0.15, 0.2) is 6.23 Å². The molecule has 1 aliphatic heterocycles. The molecular formula is C14H20N4O2S. The van der Waals surface area contributed by atoms with Gasteiger partial charge in [0.25, 0.3) is 0 Å². The van der Waals surface area contributed by atoms with Crippen molar-refractivity contribution in [3.63, 3.8) is 0 Å². The summed E-state index contributed by atoms with van der Waals surface area (Å²) in [6, 6.07) is -0.345. The van der Waals surface area contributed by atoms with Crippen molar-refractivity contribution in [1.82, 2.24) is 15.1 Å². The van der Waals surface area contributed by atoms with Gasteiger partial charge in [-0.15, -0.1) is 16.6 Å². The first-order valence-electron chi connectivity index (χ1n) is 6.68. The highest BCUT2D eigenvalue weighted by molar-refractivity contribution is 7.15. The first kappa shape index (κ1) is 15.7.